The highest BCUT2D eigenvalue weighted by molar-refractivity contribution is 6.31. The minimum Gasteiger partial charge on any atom is -0.351 e. The Morgan fingerprint density at radius 1 is 1.50 bits per heavy atom. The van der Waals surface area contributed by atoms with Gasteiger partial charge in [-0.15, -0.1) is 11.6 Å². The van der Waals surface area contributed by atoms with E-state index in [1.165, 1.54) is 0 Å². The number of nitrogens with one attached hydrogen (secondary N) is 1. The predicted octanol–water partition coefficient (Wildman–Crippen LogP) is 3.48. The number of alkyl halides is 1. The molecule has 0 bridgehead atoms. The molecule has 1 unspecified atom stereocenters. The van der Waals surface area contributed by atoms with Gasteiger partial charge in [0.15, 0.2) is 0 Å². The smallest absolute Gasteiger partial charge is 0.251 e. The van der Waals surface area contributed by atoms with E-state index in [0.717, 1.165) is 12.8 Å². The summed E-state index contributed by atoms with van der Waals surface area (Å²) in [7, 11) is 0. The van der Waals surface area contributed by atoms with Crippen LogP contribution >= 0.6 is 23.2 Å². The van der Waals surface area contributed by atoms with Gasteiger partial charge in [-0.05, 0) is 24.6 Å². The molecule has 0 fully saturated rings. The van der Waals surface area contributed by atoms with Crippen molar-refractivity contribution in [3.8, 4) is 0 Å². The molecule has 0 saturated carbocycles. The number of hydrogen-bond donors (Lipinski definition) is 1. The van der Waals surface area contributed by atoms with Crippen LogP contribution in [0.4, 0.5) is 0 Å². The monoisotopic (exact) mass is 259 g/mol. The Balaban J connectivity index is 2.47. The molecule has 88 valence electrons. The largest absolute Gasteiger partial charge is 0.351 e. The Bertz CT molecular complexity index is 355. The van der Waals surface area contributed by atoms with Crippen LogP contribution in [0, 0.1) is 0 Å². The fraction of sp³-hybridized carbons (Fsp3) is 0.417. The molecule has 1 atom stereocenters. The van der Waals surface area contributed by atoms with Crippen molar-refractivity contribution in [1.82, 2.24) is 5.32 Å². The standard InChI is InChI=1S/C12H15Cl2NO/c1-2-4-11(14)8-15-12(16)9-5-3-6-10(13)7-9/h3,5-7,11H,2,4,8H2,1H3,(H,15,16). The Hall–Kier alpha value is -0.730. The summed E-state index contributed by atoms with van der Waals surface area (Å²) in [6.45, 7) is 2.55. The predicted molar refractivity (Wildman–Crippen MR) is 68.3 cm³/mol. The van der Waals surface area contributed by atoms with Crippen molar-refractivity contribution >= 4 is 29.1 Å². The summed E-state index contributed by atoms with van der Waals surface area (Å²) in [6, 6.07) is 6.85. The minimum atomic E-state index is -0.135. The van der Waals surface area contributed by atoms with Crippen LogP contribution in [0.3, 0.4) is 0 Å². The maximum atomic E-state index is 11.7. The molecule has 0 aliphatic carbocycles. The van der Waals surface area contributed by atoms with E-state index in [-0.39, 0.29) is 11.3 Å². The molecule has 16 heavy (non-hydrogen) atoms. The molecule has 0 radical (unpaired) electrons. The zero-order valence-corrected chi connectivity index (χ0v) is 10.7. The molecule has 4 heteroatoms. The number of carbonyl (C=O) groups is 1. The van der Waals surface area contributed by atoms with E-state index in [2.05, 4.69) is 12.2 Å². The van der Waals surface area contributed by atoms with Gasteiger partial charge in [-0.1, -0.05) is 31.0 Å². The quantitative estimate of drug-likeness (QED) is 0.807. The third-order valence-electron chi connectivity index (χ3n) is 2.17. The van der Waals surface area contributed by atoms with Crippen molar-refractivity contribution in [2.24, 2.45) is 0 Å². The van der Waals surface area contributed by atoms with Crippen LogP contribution in [-0.4, -0.2) is 17.8 Å². The van der Waals surface area contributed by atoms with Crippen molar-refractivity contribution in [2.45, 2.75) is 25.1 Å². The molecule has 0 saturated heterocycles. The van der Waals surface area contributed by atoms with Crippen molar-refractivity contribution < 1.29 is 4.79 Å². The molecule has 0 aliphatic heterocycles. The van der Waals surface area contributed by atoms with Crippen molar-refractivity contribution in [1.29, 1.82) is 0 Å². The highest BCUT2D eigenvalue weighted by Gasteiger charge is 2.08. The molecule has 1 aromatic carbocycles. The minimum absolute atomic E-state index is 0.00636. The molecular weight excluding hydrogens is 245 g/mol. The SMILES string of the molecule is CCCC(Cl)CNC(=O)c1cccc(Cl)c1. The van der Waals surface area contributed by atoms with Crippen LogP contribution in [-0.2, 0) is 0 Å². The van der Waals surface area contributed by atoms with Crippen LogP contribution in [0.5, 0.6) is 0 Å². The summed E-state index contributed by atoms with van der Waals surface area (Å²) < 4.78 is 0. The fourth-order valence-corrected chi connectivity index (χ4v) is 1.84. The van der Waals surface area contributed by atoms with E-state index < -0.39 is 0 Å². The average Bonchev–Trinajstić information content (AvgIpc) is 2.26. The number of carbonyl (C=O) groups excluding carboxylic acids is 1. The van der Waals surface area contributed by atoms with E-state index in [1.807, 2.05) is 0 Å². The number of benzene rings is 1. The lowest BCUT2D eigenvalue weighted by molar-refractivity contribution is 0.0953. The van der Waals surface area contributed by atoms with Crippen LogP contribution in [0.1, 0.15) is 30.1 Å². The van der Waals surface area contributed by atoms with Crippen LogP contribution in [0.2, 0.25) is 5.02 Å². The van der Waals surface area contributed by atoms with E-state index in [4.69, 9.17) is 23.2 Å². The number of amides is 1. The summed E-state index contributed by atoms with van der Waals surface area (Å²) in [5.41, 5.74) is 0.563. The van der Waals surface area contributed by atoms with E-state index in [0.29, 0.717) is 17.1 Å². The Labute approximate surface area is 106 Å². The van der Waals surface area contributed by atoms with Gasteiger partial charge in [0.05, 0.1) is 5.38 Å². The first-order chi connectivity index (χ1) is 7.63. The van der Waals surface area contributed by atoms with Gasteiger partial charge in [-0.25, -0.2) is 0 Å². The first kappa shape index (κ1) is 13.3. The molecule has 1 N–H and O–H groups in total. The lowest BCUT2D eigenvalue weighted by atomic mass is 10.2. The molecule has 0 aliphatic rings. The highest BCUT2D eigenvalue weighted by Crippen LogP contribution is 2.10. The molecule has 2 nitrogen and oxygen atoms in total. The summed E-state index contributed by atoms with van der Waals surface area (Å²) >= 11 is 11.8. The maximum Gasteiger partial charge on any atom is 0.251 e. The maximum absolute atomic E-state index is 11.7. The van der Waals surface area contributed by atoms with Crippen LogP contribution < -0.4 is 5.32 Å². The Kier molecular flexibility index (Phi) is 5.64. The Morgan fingerprint density at radius 3 is 2.88 bits per heavy atom. The number of rotatable bonds is 5. The molecular formula is C12H15Cl2NO. The third kappa shape index (κ3) is 4.42. The van der Waals surface area contributed by atoms with Crippen molar-refractivity contribution in [3.05, 3.63) is 34.9 Å². The second-order valence-corrected chi connectivity index (χ2v) is 4.66. The number of hydrogen-bond acceptors (Lipinski definition) is 1. The fourth-order valence-electron chi connectivity index (χ4n) is 1.35. The zero-order valence-electron chi connectivity index (χ0n) is 9.17. The van der Waals surface area contributed by atoms with Crippen molar-refractivity contribution in [3.63, 3.8) is 0 Å². The third-order valence-corrected chi connectivity index (χ3v) is 2.78. The van der Waals surface area contributed by atoms with Gasteiger partial charge >= 0.3 is 0 Å². The average molecular weight is 260 g/mol. The van der Waals surface area contributed by atoms with Gasteiger partial charge in [0.2, 0.25) is 0 Å². The van der Waals surface area contributed by atoms with E-state index in [1.54, 1.807) is 24.3 Å². The molecule has 0 spiro atoms. The van der Waals surface area contributed by atoms with Gasteiger partial charge in [-0.2, -0.15) is 0 Å². The van der Waals surface area contributed by atoms with Crippen LogP contribution in [0.25, 0.3) is 0 Å². The normalized spacial score (nSPS) is 12.2. The van der Waals surface area contributed by atoms with E-state index in [9.17, 15) is 4.79 Å². The topological polar surface area (TPSA) is 29.1 Å². The van der Waals surface area contributed by atoms with Crippen LogP contribution in [0.15, 0.2) is 24.3 Å². The molecule has 1 rings (SSSR count). The van der Waals surface area contributed by atoms with Gasteiger partial charge in [0.1, 0.15) is 0 Å². The summed E-state index contributed by atoms with van der Waals surface area (Å²) in [5.74, 6) is -0.135. The second-order valence-electron chi connectivity index (χ2n) is 3.61. The van der Waals surface area contributed by atoms with Gasteiger partial charge in [0, 0.05) is 17.1 Å². The molecule has 0 aromatic heterocycles. The van der Waals surface area contributed by atoms with Gasteiger partial charge in [-0.3, -0.25) is 4.79 Å². The lowest BCUT2D eigenvalue weighted by Crippen LogP contribution is -2.29. The van der Waals surface area contributed by atoms with Crippen molar-refractivity contribution in [2.75, 3.05) is 6.54 Å². The number of halogens is 2. The molecule has 0 heterocycles. The Morgan fingerprint density at radius 2 is 2.25 bits per heavy atom. The summed E-state index contributed by atoms with van der Waals surface area (Å²) in [6.07, 6.45) is 1.92. The first-order valence-corrected chi connectivity index (χ1v) is 6.12. The summed E-state index contributed by atoms with van der Waals surface area (Å²) in [5, 5.41) is 3.33. The molecule has 1 aromatic rings. The zero-order chi connectivity index (χ0) is 12.0. The lowest BCUT2D eigenvalue weighted by Gasteiger charge is -2.09. The van der Waals surface area contributed by atoms with Gasteiger partial charge in [0.25, 0.3) is 5.91 Å². The highest BCUT2D eigenvalue weighted by atomic mass is 35.5. The molecule has 1 amide bonds. The summed E-state index contributed by atoms with van der Waals surface area (Å²) in [4.78, 5) is 11.7. The van der Waals surface area contributed by atoms with Gasteiger partial charge < -0.3 is 5.32 Å². The van der Waals surface area contributed by atoms with E-state index >= 15 is 0 Å². The first-order valence-electron chi connectivity index (χ1n) is 5.31. The second kappa shape index (κ2) is 6.77.